The maximum Gasteiger partial charge on any atom is 0.242 e. The smallest absolute Gasteiger partial charge is 0.242 e. The van der Waals surface area contributed by atoms with E-state index in [-0.39, 0.29) is 4.90 Å². The lowest BCUT2D eigenvalue weighted by atomic mass is 10.2. The van der Waals surface area contributed by atoms with Crippen LogP contribution in [0.5, 0.6) is 0 Å². The van der Waals surface area contributed by atoms with Gasteiger partial charge in [0.15, 0.2) is 0 Å². The summed E-state index contributed by atoms with van der Waals surface area (Å²) in [5.41, 5.74) is 1.62. The number of benzene rings is 2. The molecule has 2 N–H and O–H groups in total. The maximum absolute atomic E-state index is 12.0. The summed E-state index contributed by atoms with van der Waals surface area (Å²) in [6.07, 6.45) is 0. The van der Waals surface area contributed by atoms with E-state index >= 15 is 0 Å². The number of rotatable bonds is 5. The quantitative estimate of drug-likeness (QED) is 0.755. The Hall–Kier alpha value is -0.890. The van der Waals surface area contributed by atoms with Gasteiger partial charge in [0.1, 0.15) is 4.90 Å². The first-order chi connectivity index (χ1) is 9.94. The van der Waals surface area contributed by atoms with Crippen molar-refractivity contribution in [2.45, 2.75) is 11.4 Å². The highest BCUT2D eigenvalue weighted by Crippen LogP contribution is 2.25. The van der Waals surface area contributed by atoms with Gasteiger partial charge < -0.3 is 5.32 Å². The Morgan fingerprint density at radius 2 is 1.76 bits per heavy atom. The van der Waals surface area contributed by atoms with Crippen molar-refractivity contribution in [2.24, 2.45) is 0 Å². The van der Waals surface area contributed by atoms with Crippen molar-refractivity contribution < 1.29 is 8.42 Å². The minimum absolute atomic E-state index is 0.240. The second kappa shape index (κ2) is 6.91. The molecule has 2 aromatic carbocycles. The van der Waals surface area contributed by atoms with Gasteiger partial charge in [0, 0.05) is 15.5 Å². The molecular formula is C14H14Br2N2O2S. The fraction of sp³-hybridized carbons (Fsp3) is 0.143. The third-order valence-corrected chi connectivity index (χ3v) is 6.26. The number of sulfonamides is 1. The minimum Gasteiger partial charge on any atom is -0.380 e. The van der Waals surface area contributed by atoms with Crippen molar-refractivity contribution in [1.82, 2.24) is 4.72 Å². The van der Waals surface area contributed by atoms with Gasteiger partial charge in [0.25, 0.3) is 0 Å². The van der Waals surface area contributed by atoms with E-state index in [0.717, 1.165) is 14.5 Å². The molecule has 0 aliphatic carbocycles. The molecule has 0 aromatic heterocycles. The van der Waals surface area contributed by atoms with E-state index in [1.807, 2.05) is 18.2 Å². The largest absolute Gasteiger partial charge is 0.380 e. The first-order valence-electron chi connectivity index (χ1n) is 6.14. The molecule has 0 bridgehead atoms. The molecule has 0 atom stereocenters. The van der Waals surface area contributed by atoms with Crippen LogP contribution in [0.4, 0.5) is 5.69 Å². The van der Waals surface area contributed by atoms with Crippen molar-refractivity contribution in [1.29, 1.82) is 0 Å². The zero-order chi connectivity index (χ0) is 15.5. The van der Waals surface area contributed by atoms with E-state index in [4.69, 9.17) is 0 Å². The van der Waals surface area contributed by atoms with Crippen LogP contribution in [0.2, 0.25) is 0 Å². The number of hydrogen-bond acceptors (Lipinski definition) is 3. The van der Waals surface area contributed by atoms with Crippen LogP contribution in [0.3, 0.4) is 0 Å². The van der Waals surface area contributed by atoms with Gasteiger partial charge in [-0.1, -0.05) is 18.2 Å². The Morgan fingerprint density at radius 1 is 1.05 bits per heavy atom. The zero-order valence-corrected chi connectivity index (χ0v) is 15.2. The van der Waals surface area contributed by atoms with Crippen LogP contribution in [0.25, 0.3) is 0 Å². The molecule has 0 saturated carbocycles. The standard InChI is InChI=1S/C14H14Br2N2O2S/c1-17-21(19,20)14-5-3-2-4-13(14)18-9-10-6-7-11(15)12(16)8-10/h2-8,17-18H,9H2,1H3. The predicted molar refractivity (Wildman–Crippen MR) is 91.9 cm³/mol. The average molecular weight is 434 g/mol. The van der Waals surface area contributed by atoms with E-state index in [1.54, 1.807) is 24.3 Å². The molecule has 0 aliphatic rings. The third kappa shape index (κ3) is 4.06. The molecule has 0 amide bonds. The van der Waals surface area contributed by atoms with Crippen molar-refractivity contribution in [2.75, 3.05) is 12.4 Å². The van der Waals surface area contributed by atoms with Gasteiger partial charge in [-0.05, 0) is 68.7 Å². The molecular weight excluding hydrogens is 420 g/mol. The SMILES string of the molecule is CNS(=O)(=O)c1ccccc1NCc1ccc(Br)c(Br)c1. The van der Waals surface area contributed by atoms with Crippen LogP contribution in [0, 0.1) is 0 Å². The number of nitrogens with one attached hydrogen (secondary N) is 2. The molecule has 0 heterocycles. The van der Waals surface area contributed by atoms with Crippen LogP contribution < -0.4 is 10.0 Å². The fourth-order valence-corrected chi connectivity index (χ4v) is 3.38. The summed E-state index contributed by atoms with van der Waals surface area (Å²) in [6.45, 7) is 0.530. The summed E-state index contributed by atoms with van der Waals surface area (Å²) in [5.74, 6) is 0. The maximum atomic E-state index is 12.0. The van der Waals surface area contributed by atoms with Crippen LogP contribution in [0.1, 0.15) is 5.56 Å². The Labute approximate surface area is 141 Å². The van der Waals surface area contributed by atoms with Crippen LogP contribution in [-0.4, -0.2) is 15.5 Å². The van der Waals surface area contributed by atoms with Crippen LogP contribution in [-0.2, 0) is 16.6 Å². The lowest BCUT2D eigenvalue weighted by Crippen LogP contribution is -2.20. The summed E-state index contributed by atoms with van der Waals surface area (Å²) in [4.78, 5) is 0.240. The number of halogens is 2. The normalized spacial score (nSPS) is 11.4. The topological polar surface area (TPSA) is 58.2 Å². The molecule has 0 saturated heterocycles. The first-order valence-corrected chi connectivity index (χ1v) is 9.21. The molecule has 0 aliphatic heterocycles. The van der Waals surface area contributed by atoms with Gasteiger partial charge in [-0.3, -0.25) is 0 Å². The Balaban J connectivity index is 2.23. The number of para-hydroxylation sites is 1. The summed E-state index contributed by atoms with van der Waals surface area (Å²) < 4.78 is 28.2. The second-order valence-electron chi connectivity index (χ2n) is 4.31. The van der Waals surface area contributed by atoms with Gasteiger partial charge in [0.05, 0.1) is 5.69 Å². The van der Waals surface area contributed by atoms with Gasteiger partial charge >= 0.3 is 0 Å². The van der Waals surface area contributed by atoms with Crippen LogP contribution >= 0.6 is 31.9 Å². The average Bonchev–Trinajstić information content (AvgIpc) is 2.49. The predicted octanol–water partition coefficient (Wildman–Crippen LogP) is 3.73. The Morgan fingerprint density at radius 3 is 2.43 bits per heavy atom. The van der Waals surface area contributed by atoms with Crippen molar-refractivity contribution in [3.05, 3.63) is 57.0 Å². The summed E-state index contributed by atoms with van der Waals surface area (Å²) >= 11 is 6.87. The summed E-state index contributed by atoms with van der Waals surface area (Å²) in [6, 6.07) is 12.7. The summed E-state index contributed by atoms with van der Waals surface area (Å²) in [5, 5.41) is 3.16. The first kappa shape index (κ1) is 16.5. The van der Waals surface area contributed by atoms with E-state index in [0.29, 0.717) is 12.2 Å². The highest BCUT2D eigenvalue weighted by Gasteiger charge is 2.15. The minimum atomic E-state index is -3.48. The Kier molecular flexibility index (Phi) is 5.43. The monoisotopic (exact) mass is 432 g/mol. The molecule has 0 spiro atoms. The lowest BCUT2D eigenvalue weighted by Gasteiger charge is -2.12. The molecule has 7 heteroatoms. The molecule has 2 rings (SSSR count). The van der Waals surface area contributed by atoms with Gasteiger partial charge in [0.2, 0.25) is 10.0 Å². The third-order valence-electron chi connectivity index (χ3n) is 2.91. The molecule has 2 aromatic rings. The molecule has 0 fully saturated rings. The fourth-order valence-electron chi connectivity index (χ4n) is 1.80. The van der Waals surface area contributed by atoms with E-state index < -0.39 is 10.0 Å². The highest BCUT2D eigenvalue weighted by molar-refractivity contribution is 9.13. The zero-order valence-electron chi connectivity index (χ0n) is 11.2. The highest BCUT2D eigenvalue weighted by atomic mass is 79.9. The van der Waals surface area contributed by atoms with Gasteiger partial charge in [-0.15, -0.1) is 0 Å². The van der Waals surface area contributed by atoms with Gasteiger partial charge in [-0.25, -0.2) is 13.1 Å². The molecule has 0 radical (unpaired) electrons. The molecule has 112 valence electrons. The van der Waals surface area contributed by atoms with Crippen molar-refractivity contribution in [3.8, 4) is 0 Å². The number of hydrogen-bond donors (Lipinski definition) is 2. The van der Waals surface area contributed by atoms with Gasteiger partial charge in [-0.2, -0.15) is 0 Å². The van der Waals surface area contributed by atoms with Crippen LogP contribution in [0.15, 0.2) is 56.3 Å². The van der Waals surface area contributed by atoms with E-state index in [9.17, 15) is 8.42 Å². The van der Waals surface area contributed by atoms with Crippen molar-refractivity contribution >= 4 is 47.6 Å². The van der Waals surface area contributed by atoms with E-state index in [2.05, 4.69) is 41.9 Å². The lowest BCUT2D eigenvalue weighted by molar-refractivity contribution is 0.588. The molecule has 4 nitrogen and oxygen atoms in total. The Bertz CT molecular complexity index is 748. The summed E-state index contributed by atoms with van der Waals surface area (Å²) in [7, 11) is -2.08. The van der Waals surface area contributed by atoms with E-state index in [1.165, 1.54) is 7.05 Å². The molecule has 21 heavy (non-hydrogen) atoms. The molecule has 0 unspecified atom stereocenters. The second-order valence-corrected chi connectivity index (χ2v) is 7.87. The van der Waals surface area contributed by atoms with Crippen molar-refractivity contribution in [3.63, 3.8) is 0 Å². The number of anilines is 1.